The minimum atomic E-state index is 0.376. The molecule has 1 aromatic carbocycles. The number of nitrogens with zero attached hydrogens (tertiary/aromatic N) is 1. The van der Waals surface area contributed by atoms with Crippen molar-refractivity contribution in [1.29, 1.82) is 0 Å². The van der Waals surface area contributed by atoms with Gasteiger partial charge in [-0.15, -0.1) is 0 Å². The summed E-state index contributed by atoms with van der Waals surface area (Å²) < 4.78 is 0. The Morgan fingerprint density at radius 2 is 1.90 bits per heavy atom. The summed E-state index contributed by atoms with van der Waals surface area (Å²) in [5.74, 6) is 1.48. The lowest BCUT2D eigenvalue weighted by Crippen LogP contribution is -2.34. The van der Waals surface area contributed by atoms with Crippen LogP contribution in [0.1, 0.15) is 58.4 Å². The smallest absolute Gasteiger partial charge is 0.115 e. The molecule has 0 heterocycles. The van der Waals surface area contributed by atoms with Gasteiger partial charge in [0, 0.05) is 12.6 Å². The summed E-state index contributed by atoms with van der Waals surface area (Å²) in [4.78, 5) is 2.47. The quantitative estimate of drug-likeness (QED) is 0.748. The van der Waals surface area contributed by atoms with Crippen LogP contribution in [0.5, 0.6) is 5.75 Å². The Balaban J connectivity index is 2.70. The number of hydrogen-bond acceptors (Lipinski definition) is 2. The molecule has 2 nitrogen and oxygen atoms in total. The predicted octanol–water partition coefficient (Wildman–Crippen LogP) is 4.64. The van der Waals surface area contributed by atoms with E-state index in [-0.39, 0.29) is 0 Å². The minimum absolute atomic E-state index is 0.376. The summed E-state index contributed by atoms with van der Waals surface area (Å²) in [6.45, 7) is 10.2. The van der Waals surface area contributed by atoms with Crippen molar-refractivity contribution in [1.82, 2.24) is 4.90 Å². The summed E-state index contributed by atoms with van der Waals surface area (Å²) in [6.07, 6.45) is 3.61. The molecule has 0 aliphatic rings. The van der Waals surface area contributed by atoms with E-state index in [2.05, 4.69) is 45.7 Å². The van der Waals surface area contributed by atoms with E-state index in [1.807, 2.05) is 12.1 Å². The van der Waals surface area contributed by atoms with Crippen LogP contribution in [0.25, 0.3) is 0 Å². The molecule has 1 rings (SSSR count). The Morgan fingerprint density at radius 1 is 1.20 bits per heavy atom. The molecule has 0 saturated carbocycles. The second kappa shape index (κ2) is 8.31. The minimum Gasteiger partial charge on any atom is -0.508 e. The molecule has 0 aliphatic heterocycles. The monoisotopic (exact) mass is 277 g/mol. The van der Waals surface area contributed by atoms with E-state index in [4.69, 9.17) is 0 Å². The van der Waals surface area contributed by atoms with Crippen LogP contribution in [0.2, 0.25) is 0 Å². The van der Waals surface area contributed by atoms with Crippen molar-refractivity contribution < 1.29 is 5.11 Å². The van der Waals surface area contributed by atoms with E-state index in [0.717, 1.165) is 13.0 Å². The van der Waals surface area contributed by atoms with Crippen molar-refractivity contribution in [3.8, 4) is 5.75 Å². The lowest BCUT2D eigenvalue weighted by atomic mass is 9.84. The van der Waals surface area contributed by atoms with Gasteiger partial charge >= 0.3 is 0 Å². The maximum atomic E-state index is 9.67. The van der Waals surface area contributed by atoms with Crippen LogP contribution in [0, 0.1) is 5.92 Å². The van der Waals surface area contributed by atoms with Gasteiger partial charge in [-0.1, -0.05) is 39.3 Å². The number of hydrogen-bond donors (Lipinski definition) is 1. The molecule has 1 N–H and O–H groups in total. The first-order chi connectivity index (χ1) is 9.49. The number of phenolic OH excluding ortho intramolecular Hbond substituents is 1. The normalized spacial score (nSPS) is 16.1. The number of phenols is 1. The fraction of sp³-hybridized carbons (Fsp3) is 0.667. The molecule has 20 heavy (non-hydrogen) atoms. The van der Waals surface area contributed by atoms with Gasteiger partial charge in [-0.2, -0.15) is 0 Å². The van der Waals surface area contributed by atoms with E-state index >= 15 is 0 Å². The second-order valence-corrected chi connectivity index (χ2v) is 6.16. The third-order valence-corrected chi connectivity index (χ3v) is 4.46. The summed E-state index contributed by atoms with van der Waals surface area (Å²) in [7, 11) is 2.23. The zero-order valence-electron chi connectivity index (χ0n) is 13.8. The van der Waals surface area contributed by atoms with Crippen molar-refractivity contribution in [2.45, 2.75) is 58.9 Å². The van der Waals surface area contributed by atoms with Crippen LogP contribution in [0.15, 0.2) is 24.3 Å². The Kier molecular flexibility index (Phi) is 7.08. The molecule has 3 unspecified atom stereocenters. The highest BCUT2D eigenvalue weighted by Gasteiger charge is 2.21. The van der Waals surface area contributed by atoms with Gasteiger partial charge < -0.3 is 10.0 Å². The molecule has 0 fully saturated rings. The summed E-state index contributed by atoms with van der Waals surface area (Å²) >= 11 is 0. The van der Waals surface area contributed by atoms with Gasteiger partial charge in [0.2, 0.25) is 0 Å². The molecule has 0 bridgehead atoms. The largest absolute Gasteiger partial charge is 0.508 e. The van der Waals surface area contributed by atoms with Crippen LogP contribution in [0.3, 0.4) is 0 Å². The van der Waals surface area contributed by atoms with Gasteiger partial charge in [-0.25, -0.2) is 0 Å². The molecule has 0 saturated heterocycles. The highest BCUT2D eigenvalue weighted by Crippen LogP contribution is 2.30. The highest BCUT2D eigenvalue weighted by molar-refractivity contribution is 5.30. The third kappa shape index (κ3) is 4.82. The molecule has 0 spiro atoms. The van der Waals surface area contributed by atoms with Crippen LogP contribution in [0.4, 0.5) is 0 Å². The Morgan fingerprint density at radius 3 is 2.45 bits per heavy atom. The predicted molar refractivity (Wildman–Crippen MR) is 87.3 cm³/mol. The van der Waals surface area contributed by atoms with Gasteiger partial charge in [0.1, 0.15) is 5.75 Å². The van der Waals surface area contributed by atoms with Gasteiger partial charge in [-0.05, 0) is 56.3 Å². The van der Waals surface area contributed by atoms with Crippen LogP contribution in [-0.4, -0.2) is 29.6 Å². The number of rotatable bonds is 8. The number of aromatic hydroxyl groups is 1. The molecular weight excluding hydrogens is 246 g/mol. The SMILES string of the molecule is CCCC(C)N(C)CC(C)C(CC)c1cccc(O)c1. The van der Waals surface area contributed by atoms with Crippen LogP contribution in [-0.2, 0) is 0 Å². The zero-order valence-corrected chi connectivity index (χ0v) is 13.8. The zero-order chi connectivity index (χ0) is 15.1. The van der Waals surface area contributed by atoms with Crippen molar-refractivity contribution in [3.05, 3.63) is 29.8 Å². The van der Waals surface area contributed by atoms with Crippen LogP contribution < -0.4 is 0 Å². The average molecular weight is 277 g/mol. The third-order valence-electron chi connectivity index (χ3n) is 4.46. The topological polar surface area (TPSA) is 23.5 Å². The van der Waals surface area contributed by atoms with Gasteiger partial charge in [-0.3, -0.25) is 0 Å². The highest BCUT2D eigenvalue weighted by atomic mass is 16.3. The van der Waals surface area contributed by atoms with Crippen molar-refractivity contribution >= 4 is 0 Å². The maximum absolute atomic E-state index is 9.67. The van der Waals surface area contributed by atoms with E-state index in [1.54, 1.807) is 6.07 Å². The molecule has 3 atom stereocenters. The standard InChI is InChI=1S/C18H31NO/c1-6-9-15(4)19(5)13-14(3)18(7-2)16-10-8-11-17(20)12-16/h8,10-12,14-15,18,20H,6-7,9,13H2,1-5H3. The van der Waals surface area contributed by atoms with E-state index in [0.29, 0.717) is 23.6 Å². The summed E-state index contributed by atoms with van der Waals surface area (Å²) in [6, 6.07) is 8.39. The van der Waals surface area contributed by atoms with Crippen molar-refractivity contribution in [2.24, 2.45) is 5.92 Å². The first kappa shape index (κ1) is 17.0. The van der Waals surface area contributed by atoms with E-state index in [9.17, 15) is 5.11 Å². The van der Waals surface area contributed by atoms with Gasteiger partial charge in [0.05, 0.1) is 0 Å². The molecule has 1 aromatic rings. The molecule has 2 heteroatoms. The summed E-state index contributed by atoms with van der Waals surface area (Å²) in [5, 5.41) is 9.67. The Labute approximate surface area is 124 Å². The maximum Gasteiger partial charge on any atom is 0.115 e. The molecule has 0 aromatic heterocycles. The molecule has 0 amide bonds. The average Bonchev–Trinajstić information content (AvgIpc) is 2.39. The lowest BCUT2D eigenvalue weighted by molar-refractivity contribution is 0.199. The van der Waals surface area contributed by atoms with Crippen molar-refractivity contribution in [2.75, 3.05) is 13.6 Å². The molecule has 0 radical (unpaired) electrons. The van der Waals surface area contributed by atoms with E-state index < -0.39 is 0 Å². The first-order valence-electron chi connectivity index (χ1n) is 7.98. The first-order valence-corrected chi connectivity index (χ1v) is 7.98. The van der Waals surface area contributed by atoms with E-state index in [1.165, 1.54) is 18.4 Å². The van der Waals surface area contributed by atoms with Gasteiger partial charge in [0.25, 0.3) is 0 Å². The molecular formula is C18H31NO. The molecule has 0 aliphatic carbocycles. The second-order valence-electron chi connectivity index (χ2n) is 6.16. The van der Waals surface area contributed by atoms with Crippen LogP contribution >= 0.6 is 0 Å². The lowest BCUT2D eigenvalue weighted by Gasteiger charge is -2.31. The van der Waals surface area contributed by atoms with Gasteiger partial charge in [0.15, 0.2) is 0 Å². The Bertz CT molecular complexity index is 391. The summed E-state index contributed by atoms with van der Waals surface area (Å²) in [5.41, 5.74) is 1.26. The number of benzene rings is 1. The van der Waals surface area contributed by atoms with Crippen molar-refractivity contribution in [3.63, 3.8) is 0 Å². The fourth-order valence-electron chi connectivity index (χ4n) is 3.12. The Hall–Kier alpha value is -1.02. The molecule has 114 valence electrons. The fourth-order valence-corrected chi connectivity index (χ4v) is 3.12.